The molecule has 9 rings (SSSR count). The number of rotatable bonds is 17. The summed E-state index contributed by atoms with van der Waals surface area (Å²) >= 11 is 1.00. The summed E-state index contributed by atoms with van der Waals surface area (Å²) < 4.78 is 42.7. The molecular weight excluding hydrogens is 961 g/mol. The highest BCUT2D eigenvalue weighted by Gasteiger charge is 2.45. The highest BCUT2D eigenvalue weighted by molar-refractivity contribution is 7.92. The van der Waals surface area contributed by atoms with Crippen molar-refractivity contribution in [2.75, 3.05) is 44.4 Å². The Balaban J connectivity index is 0.788. The Morgan fingerprint density at radius 2 is 1.62 bits per heavy atom. The van der Waals surface area contributed by atoms with Crippen LogP contribution in [0.1, 0.15) is 47.6 Å². The number of nitrogens with zero attached hydrogens (tertiary/aromatic N) is 3. The van der Waals surface area contributed by atoms with Crippen molar-refractivity contribution < 1.29 is 56.5 Å². The third kappa shape index (κ3) is 9.87. The molecule has 3 aromatic heterocycles. The number of esters is 1. The van der Waals surface area contributed by atoms with E-state index in [0.29, 0.717) is 61.7 Å². The lowest BCUT2D eigenvalue weighted by molar-refractivity contribution is -0.172. The lowest BCUT2D eigenvalue weighted by Gasteiger charge is -2.31. The number of aliphatic hydroxyl groups is 1. The van der Waals surface area contributed by atoms with Crippen molar-refractivity contribution in [1.82, 2.24) is 35.8 Å². The zero-order valence-electron chi connectivity index (χ0n) is 38.2. The summed E-state index contributed by atoms with van der Waals surface area (Å²) in [5.41, 5.74) is 2.78. The van der Waals surface area contributed by atoms with Crippen LogP contribution < -0.4 is 41.6 Å². The molecule has 21 nitrogen and oxygen atoms in total. The van der Waals surface area contributed by atoms with Crippen LogP contribution in [0.4, 0.5) is 5.69 Å². The molecule has 0 spiro atoms. The van der Waals surface area contributed by atoms with Crippen molar-refractivity contribution in [2.45, 2.75) is 61.7 Å². The molecule has 0 aliphatic carbocycles. The number of ether oxygens (including phenoxy) is 3. The quantitative estimate of drug-likeness (QED) is 0.0705. The number of hydrogen-bond acceptors (Lipinski definition) is 16. The molecule has 6 aromatic rings. The largest absolute Gasteiger partial charge is 0.493 e. The summed E-state index contributed by atoms with van der Waals surface area (Å²) in [4.78, 5) is 101. The van der Waals surface area contributed by atoms with Gasteiger partial charge in [0.15, 0.2) is 11.4 Å². The number of nitrogens with one attached hydrogen (secondary N) is 5. The molecule has 6 heterocycles. The number of thiazole rings is 1. The summed E-state index contributed by atoms with van der Waals surface area (Å²) in [5, 5.41) is 24.8. The van der Waals surface area contributed by atoms with E-state index in [2.05, 4.69) is 31.6 Å². The number of amides is 5. The van der Waals surface area contributed by atoms with Gasteiger partial charge in [-0.1, -0.05) is 37.3 Å². The molecule has 3 aromatic carbocycles. The van der Waals surface area contributed by atoms with E-state index < -0.39 is 76.6 Å². The Bertz CT molecular complexity index is 3380. The molecule has 0 fully saturated rings. The number of benzene rings is 3. The van der Waals surface area contributed by atoms with Gasteiger partial charge in [-0.3, -0.25) is 28.8 Å². The highest BCUT2D eigenvalue weighted by atomic mass is 32.2. The minimum absolute atomic E-state index is 0.0117. The van der Waals surface area contributed by atoms with Crippen LogP contribution in [0.15, 0.2) is 75.9 Å². The van der Waals surface area contributed by atoms with Crippen molar-refractivity contribution in [3.8, 4) is 22.9 Å². The molecule has 368 valence electrons. The van der Waals surface area contributed by atoms with E-state index in [9.17, 15) is 47.1 Å². The van der Waals surface area contributed by atoms with Crippen molar-refractivity contribution in [2.24, 2.45) is 0 Å². The number of anilines is 1. The maximum Gasteiger partial charge on any atom is 0.343 e. The zero-order valence-corrected chi connectivity index (χ0v) is 39.8. The third-order valence-corrected chi connectivity index (χ3v) is 15.0. The Morgan fingerprint density at radius 3 is 2.39 bits per heavy atom. The average molecular weight is 1010 g/mol. The normalized spacial score (nSPS) is 15.8. The highest BCUT2D eigenvalue weighted by Crippen LogP contribution is 2.45. The monoisotopic (exact) mass is 1010 g/mol. The van der Waals surface area contributed by atoms with Crippen molar-refractivity contribution in [3.63, 3.8) is 0 Å². The third-order valence-electron chi connectivity index (χ3n) is 12.3. The van der Waals surface area contributed by atoms with Crippen LogP contribution in [0.2, 0.25) is 0 Å². The second-order valence-corrected chi connectivity index (χ2v) is 20.3. The average Bonchev–Trinajstić information content (AvgIpc) is 3.97. The second kappa shape index (κ2) is 19.6. The maximum atomic E-state index is 13.8. The van der Waals surface area contributed by atoms with E-state index >= 15 is 0 Å². The van der Waals surface area contributed by atoms with Crippen LogP contribution in [0.25, 0.3) is 32.5 Å². The first-order valence-electron chi connectivity index (χ1n) is 22.5. The van der Waals surface area contributed by atoms with Crippen LogP contribution in [-0.2, 0) is 74.9 Å². The minimum Gasteiger partial charge on any atom is -0.493 e. The van der Waals surface area contributed by atoms with Crippen molar-refractivity contribution >= 4 is 83.5 Å². The number of carbonyl (C=O) groups is 6. The van der Waals surface area contributed by atoms with Gasteiger partial charge < -0.3 is 50.5 Å². The molecular formula is C48H46N8O13S2. The number of cyclic esters (lactones) is 1. The summed E-state index contributed by atoms with van der Waals surface area (Å²) in [6.45, 7) is 0.337. The zero-order chi connectivity index (χ0) is 50.2. The fraction of sp³-hybridized carbons (Fsp3) is 0.312. The van der Waals surface area contributed by atoms with Crippen LogP contribution in [0.5, 0.6) is 11.5 Å². The van der Waals surface area contributed by atoms with Gasteiger partial charge >= 0.3 is 5.97 Å². The molecule has 0 saturated carbocycles. The lowest BCUT2D eigenvalue weighted by atomic mass is 9.86. The number of sulfone groups is 1. The van der Waals surface area contributed by atoms with Crippen LogP contribution in [0, 0.1) is 0 Å². The van der Waals surface area contributed by atoms with E-state index in [-0.39, 0.29) is 66.7 Å². The van der Waals surface area contributed by atoms with E-state index in [0.717, 1.165) is 28.7 Å². The minimum atomic E-state index is -3.47. The van der Waals surface area contributed by atoms with E-state index in [1.165, 1.54) is 0 Å². The lowest BCUT2D eigenvalue weighted by Crippen LogP contribution is -2.52. The summed E-state index contributed by atoms with van der Waals surface area (Å²) in [6.07, 6.45) is 1.51. The molecule has 0 radical (unpaired) electrons. The first-order valence-corrected chi connectivity index (χ1v) is 25.2. The van der Waals surface area contributed by atoms with Gasteiger partial charge in [-0.25, -0.2) is 23.2 Å². The first-order chi connectivity index (χ1) is 34.0. The molecule has 0 bridgehead atoms. The van der Waals surface area contributed by atoms with E-state index in [1.807, 2.05) is 0 Å². The van der Waals surface area contributed by atoms with Gasteiger partial charge in [0.2, 0.25) is 43.7 Å². The molecule has 0 unspecified atom stereocenters. The molecule has 71 heavy (non-hydrogen) atoms. The molecule has 6 N–H and O–H groups in total. The summed E-state index contributed by atoms with van der Waals surface area (Å²) in [5.74, 6) is -3.20. The SMILES string of the molecule is CC[C@@]1(O)C(=O)OCc2c1cc1n(c2=O)Cc2c-1nc1ccc(NC(=O)CNC(=O)[C@H](Cc3ccccc3)NC(=O)CNC(=O)CNC(=O)CCOc3ccc4nc(S(C)(=O)=O)sc4c3)c3c1c2CCO3. The van der Waals surface area contributed by atoms with Crippen LogP contribution >= 0.6 is 11.3 Å². The van der Waals surface area contributed by atoms with Gasteiger partial charge in [-0.15, -0.1) is 11.3 Å². The van der Waals surface area contributed by atoms with E-state index in [1.54, 1.807) is 78.2 Å². The molecule has 0 saturated heterocycles. The Morgan fingerprint density at radius 1 is 0.873 bits per heavy atom. The number of pyridine rings is 2. The topological polar surface area (TPSA) is 292 Å². The molecule has 3 aliphatic rings. The predicted octanol–water partition coefficient (Wildman–Crippen LogP) is 1.51. The second-order valence-electron chi connectivity index (χ2n) is 17.1. The Hall–Kier alpha value is -7.76. The standard InChI is InChI=1S/C48H46N8O13S2/c1-3-48(64)30-19-35-42-28(23-56(35)45(62)29(30)24-69-46(48)63)27-13-15-68-43-33(12-11-32(54-42)41(27)43)52-40(60)22-51-44(61)34(17-25-7-5-4-6-8-25)53-39(59)21-50-38(58)20-49-37(57)14-16-67-26-9-10-31-36(18-26)70-47(55-31)71(2,65)66/h4-12,18-19,34,64H,3,13-17,20-24H2,1-2H3,(H,49,57)(H,50,58)(H,51,61)(H,52,60)(H,53,59)/t34-,48-/m0/s1. The van der Waals surface area contributed by atoms with Gasteiger partial charge in [-0.05, 0) is 53.9 Å². The number of fused-ring (bicyclic) bond motifs is 6. The van der Waals surface area contributed by atoms with Gasteiger partial charge in [0.25, 0.3) is 5.56 Å². The fourth-order valence-corrected chi connectivity index (χ4v) is 10.6. The summed E-state index contributed by atoms with van der Waals surface area (Å²) in [7, 11) is -3.47. The molecule has 2 atom stereocenters. The van der Waals surface area contributed by atoms with Crippen molar-refractivity contribution in [1.29, 1.82) is 0 Å². The molecule has 5 amide bonds. The van der Waals surface area contributed by atoms with Gasteiger partial charge in [0.1, 0.15) is 18.4 Å². The Labute approximate surface area is 408 Å². The molecule has 3 aliphatic heterocycles. The van der Waals surface area contributed by atoms with Crippen LogP contribution in [-0.4, -0.2) is 109 Å². The van der Waals surface area contributed by atoms with Crippen molar-refractivity contribution in [3.05, 3.63) is 105 Å². The molecule has 23 heteroatoms. The Kier molecular flexibility index (Phi) is 13.3. The first kappa shape index (κ1) is 48.3. The number of hydrogen-bond donors (Lipinski definition) is 6. The number of carbonyl (C=O) groups excluding carboxylic acids is 6. The van der Waals surface area contributed by atoms with E-state index in [4.69, 9.17) is 19.2 Å². The fourth-order valence-electron chi connectivity index (χ4n) is 8.70. The maximum absolute atomic E-state index is 13.8. The smallest absolute Gasteiger partial charge is 0.343 e. The summed E-state index contributed by atoms with van der Waals surface area (Å²) in [6, 6.07) is 17.5. The van der Waals surface area contributed by atoms with Crippen LogP contribution in [0.3, 0.4) is 0 Å². The number of aromatic nitrogens is 3. The van der Waals surface area contributed by atoms with Gasteiger partial charge in [0.05, 0.1) is 84.2 Å². The predicted molar refractivity (Wildman–Crippen MR) is 256 cm³/mol. The van der Waals surface area contributed by atoms with Gasteiger partial charge in [-0.2, -0.15) is 0 Å². The van der Waals surface area contributed by atoms with Gasteiger partial charge in [0, 0.05) is 35.6 Å².